The van der Waals surface area contributed by atoms with Gasteiger partial charge < -0.3 is 15.6 Å². The van der Waals surface area contributed by atoms with Crippen LogP contribution in [-0.2, 0) is 6.42 Å². The molecule has 3 N–H and O–H groups in total. The number of fused-ring (bicyclic) bond motifs is 3. The molecule has 0 heterocycles. The first-order chi connectivity index (χ1) is 16.7. The predicted molar refractivity (Wildman–Crippen MR) is 138 cm³/mol. The molecule has 6 rings (SSSR count). The molecule has 0 radical (unpaired) electrons. The molecule has 1 aliphatic rings. The third kappa shape index (κ3) is 3.39. The standard InChI is InChI=1S/C31H23NO2/c32-28-17-16-23(19-29(28)33)34-31-25(20-8-2-1-3-9-20)13-7-15-27(31)26-14-6-11-22-18-21-10-4-5-12-24(21)30(22)26/h1-17,19,33H,18,32H2. The Morgan fingerprint density at radius 3 is 2.15 bits per heavy atom. The van der Waals surface area contributed by atoms with Gasteiger partial charge in [-0.05, 0) is 51.9 Å². The SMILES string of the molecule is Nc1ccc(Oc2c(-c3ccccc3)cccc2-c2cccc3c2-c2ccccc2C3)cc1O. The lowest BCUT2D eigenvalue weighted by Gasteiger charge is -2.19. The van der Waals surface area contributed by atoms with Crippen LogP contribution in [0.1, 0.15) is 11.1 Å². The molecule has 0 bridgehead atoms. The summed E-state index contributed by atoms with van der Waals surface area (Å²) in [7, 11) is 0. The zero-order chi connectivity index (χ0) is 23.1. The summed E-state index contributed by atoms with van der Waals surface area (Å²) in [5, 5.41) is 10.2. The molecule has 164 valence electrons. The van der Waals surface area contributed by atoms with Crippen molar-refractivity contribution in [1.82, 2.24) is 0 Å². The minimum Gasteiger partial charge on any atom is -0.506 e. The molecule has 0 amide bonds. The number of aromatic hydroxyl groups is 1. The van der Waals surface area contributed by atoms with E-state index in [0.29, 0.717) is 11.4 Å². The summed E-state index contributed by atoms with van der Waals surface area (Å²) in [5.41, 5.74) is 15.5. The van der Waals surface area contributed by atoms with Crippen molar-refractivity contribution >= 4 is 5.69 Å². The second-order valence-electron chi connectivity index (χ2n) is 8.54. The Balaban J connectivity index is 1.59. The number of nitrogens with two attached hydrogens (primary N) is 1. The van der Waals surface area contributed by atoms with Gasteiger partial charge in [-0.1, -0.05) is 91.0 Å². The van der Waals surface area contributed by atoms with Gasteiger partial charge in [-0.2, -0.15) is 0 Å². The topological polar surface area (TPSA) is 55.5 Å². The quantitative estimate of drug-likeness (QED) is 0.218. The monoisotopic (exact) mass is 441 g/mol. The van der Waals surface area contributed by atoms with E-state index in [1.54, 1.807) is 18.2 Å². The normalized spacial score (nSPS) is 11.6. The van der Waals surface area contributed by atoms with Gasteiger partial charge in [-0.25, -0.2) is 0 Å². The van der Waals surface area contributed by atoms with Crippen LogP contribution >= 0.6 is 0 Å². The van der Waals surface area contributed by atoms with Crippen LogP contribution in [0.4, 0.5) is 5.69 Å². The highest BCUT2D eigenvalue weighted by Crippen LogP contribution is 2.48. The molecule has 0 spiro atoms. The highest BCUT2D eigenvalue weighted by molar-refractivity contribution is 5.94. The largest absolute Gasteiger partial charge is 0.506 e. The first kappa shape index (κ1) is 20.1. The molecule has 3 nitrogen and oxygen atoms in total. The molecule has 0 saturated carbocycles. The summed E-state index contributed by atoms with van der Waals surface area (Å²) < 4.78 is 6.52. The zero-order valence-corrected chi connectivity index (χ0v) is 18.5. The average molecular weight is 442 g/mol. The van der Waals surface area contributed by atoms with Gasteiger partial charge in [-0.3, -0.25) is 0 Å². The number of hydrogen-bond donors (Lipinski definition) is 2. The number of phenolic OH excluding ortho intramolecular Hbond substituents is 1. The van der Waals surface area contributed by atoms with Gasteiger partial charge >= 0.3 is 0 Å². The number of rotatable bonds is 4. The second kappa shape index (κ2) is 8.13. The van der Waals surface area contributed by atoms with E-state index in [2.05, 4.69) is 72.8 Å². The summed E-state index contributed by atoms with van der Waals surface area (Å²) >= 11 is 0. The number of anilines is 1. The number of ether oxygens (including phenoxy) is 1. The van der Waals surface area contributed by atoms with Crippen LogP contribution in [0.3, 0.4) is 0 Å². The summed E-state index contributed by atoms with van der Waals surface area (Å²) in [5.74, 6) is 1.28. The molecule has 0 atom stereocenters. The third-order valence-electron chi connectivity index (χ3n) is 6.43. The molecule has 0 aliphatic heterocycles. The van der Waals surface area contributed by atoms with E-state index in [4.69, 9.17) is 10.5 Å². The van der Waals surface area contributed by atoms with Crippen molar-refractivity contribution in [2.24, 2.45) is 0 Å². The van der Waals surface area contributed by atoms with Gasteiger partial charge in [0.25, 0.3) is 0 Å². The van der Waals surface area contributed by atoms with Gasteiger partial charge in [0.1, 0.15) is 17.2 Å². The molecule has 0 fully saturated rings. The van der Waals surface area contributed by atoms with E-state index in [-0.39, 0.29) is 5.75 Å². The van der Waals surface area contributed by atoms with Crippen LogP contribution in [0.15, 0.2) is 109 Å². The Morgan fingerprint density at radius 2 is 1.29 bits per heavy atom. The van der Waals surface area contributed by atoms with E-state index in [1.807, 2.05) is 18.2 Å². The Hall–Kier alpha value is -4.50. The predicted octanol–water partition coefficient (Wildman–Crippen LogP) is 7.67. The van der Waals surface area contributed by atoms with Gasteiger partial charge in [-0.15, -0.1) is 0 Å². The molecule has 5 aromatic rings. The Labute approximate surface area is 198 Å². The van der Waals surface area contributed by atoms with E-state index in [1.165, 1.54) is 22.3 Å². The molecular formula is C31H23NO2. The number of phenols is 1. The number of nitrogen functional groups attached to an aromatic ring is 1. The Morgan fingerprint density at radius 1 is 0.618 bits per heavy atom. The van der Waals surface area contributed by atoms with Crippen molar-refractivity contribution in [3.63, 3.8) is 0 Å². The fraction of sp³-hybridized carbons (Fsp3) is 0.0323. The molecule has 1 aliphatic carbocycles. The summed E-state index contributed by atoms with van der Waals surface area (Å²) in [6.07, 6.45) is 0.930. The van der Waals surface area contributed by atoms with Crippen molar-refractivity contribution in [2.45, 2.75) is 6.42 Å². The van der Waals surface area contributed by atoms with Gasteiger partial charge in [0.15, 0.2) is 0 Å². The minimum absolute atomic E-state index is 0.00534. The third-order valence-corrected chi connectivity index (χ3v) is 6.43. The highest BCUT2D eigenvalue weighted by Gasteiger charge is 2.24. The number of hydrogen-bond acceptors (Lipinski definition) is 3. The summed E-state index contributed by atoms with van der Waals surface area (Å²) in [6.45, 7) is 0. The van der Waals surface area contributed by atoms with Crippen LogP contribution in [0, 0.1) is 0 Å². The maximum Gasteiger partial charge on any atom is 0.143 e. The number of para-hydroxylation sites is 1. The van der Waals surface area contributed by atoms with Gasteiger partial charge in [0.2, 0.25) is 0 Å². The van der Waals surface area contributed by atoms with E-state index in [0.717, 1.165) is 34.4 Å². The summed E-state index contributed by atoms with van der Waals surface area (Å²) in [4.78, 5) is 0. The second-order valence-corrected chi connectivity index (χ2v) is 8.54. The van der Waals surface area contributed by atoms with Crippen molar-refractivity contribution in [2.75, 3.05) is 5.73 Å². The fourth-order valence-corrected chi connectivity index (χ4v) is 4.82. The number of benzene rings is 5. The van der Waals surface area contributed by atoms with Crippen LogP contribution in [0.5, 0.6) is 17.2 Å². The first-order valence-corrected chi connectivity index (χ1v) is 11.3. The molecule has 0 saturated heterocycles. The van der Waals surface area contributed by atoms with Gasteiger partial charge in [0.05, 0.1) is 5.69 Å². The van der Waals surface area contributed by atoms with Crippen molar-refractivity contribution in [1.29, 1.82) is 0 Å². The van der Waals surface area contributed by atoms with Gasteiger partial charge in [0, 0.05) is 17.2 Å². The maximum atomic E-state index is 10.2. The van der Waals surface area contributed by atoms with Crippen molar-refractivity contribution in [3.8, 4) is 50.6 Å². The maximum absolute atomic E-state index is 10.2. The zero-order valence-electron chi connectivity index (χ0n) is 18.5. The Kier molecular flexibility index (Phi) is 4.81. The van der Waals surface area contributed by atoms with E-state index < -0.39 is 0 Å². The Bertz CT molecular complexity index is 1520. The van der Waals surface area contributed by atoms with Crippen LogP contribution in [-0.4, -0.2) is 5.11 Å². The van der Waals surface area contributed by atoms with Crippen LogP contribution in [0.2, 0.25) is 0 Å². The lowest BCUT2D eigenvalue weighted by molar-refractivity contribution is 0.458. The summed E-state index contributed by atoms with van der Waals surface area (Å²) in [6, 6.07) is 36.6. The lowest BCUT2D eigenvalue weighted by atomic mass is 9.91. The first-order valence-electron chi connectivity index (χ1n) is 11.3. The molecule has 3 heteroatoms. The average Bonchev–Trinajstić information content (AvgIpc) is 3.26. The smallest absolute Gasteiger partial charge is 0.143 e. The highest BCUT2D eigenvalue weighted by atomic mass is 16.5. The van der Waals surface area contributed by atoms with E-state index >= 15 is 0 Å². The molecule has 0 unspecified atom stereocenters. The molecular weight excluding hydrogens is 418 g/mol. The van der Waals surface area contributed by atoms with Crippen molar-refractivity contribution in [3.05, 3.63) is 120 Å². The fourth-order valence-electron chi connectivity index (χ4n) is 4.82. The minimum atomic E-state index is 0.00534. The molecule has 5 aromatic carbocycles. The molecule has 34 heavy (non-hydrogen) atoms. The molecule has 0 aromatic heterocycles. The van der Waals surface area contributed by atoms with Crippen LogP contribution in [0.25, 0.3) is 33.4 Å². The van der Waals surface area contributed by atoms with Crippen molar-refractivity contribution < 1.29 is 9.84 Å². The van der Waals surface area contributed by atoms with E-state index in [9.17, 15) is 5.11 Å². The lowest BCUT2D eigenvalue weighted by Crippen LogP contribution is -1.95. The van der Waals surface area contributed by atoms with Crippen LogP contribution < -0.4 is 10.5 Å².